The van der Waals surface area contributed by atoms with E-state index in [0.29, 0.717) is 19.8 Å². The number of benzene rings is 3. The number of unbranched alkanes of at least 4 members (excludes halogenated alkanes) is 4. The van der Waals surface area contributed by atoms with E-state index < -0.39 is 24.6 Å². The Kier molecular flexibility index (Phi) is 12.4. The fraction of sp³-hybridized carbons (Fsp3) is 0.455. The molecule has 2 N–H and O–H groups in total. The van der Waals surface area contributed by atoms with Crippen LogP contribution in [0, 0.1) is 0 Å². The van der Waals surface area contributed by atoms with Crippen molar-refractivity contribution in [3.8, 4) is 0 Å². The standard InChI is InChI=1S/C33H42O6/c34-22-14-3-1-2-13-21-29-30(36-23-26-15-7-4-8-16-26)31(37-24-27-17-9-5-10-18-27)32(33(35)39-29)38-25-28-19-11-6-12-20-28/h4-12,15-20,29-35H,1-3,13-14,21-25H2/t29-,30+,31+,32-,33+/m0/s1. The number of rotatable bonds is 16. The molecule has 210 valence electrons. The van der Waals surface area contributed by atoms with Crippen LogP contribution >= 0.6 is 0 Å². The third-order valence-corrected chi connectivity index (χ3v) is 7.11. The largest absolute Gasteiger partial charge is 0.396 e. The van der Waals surface area contributed by atoms with Crippen LogP contribution in [-0.4, -0.2) is 47.5 Å². The van der Waals surface area contributed by atoms with E-state index in [-0.39, 0.29) is 12.7 Å². The van der Waals surface area contributed by atoms with Crippen molar-refractivity contribution in [2.75, 3.05) is 6.61 Å². The van der Waals surface area contributed by atoms with Gasteiger partial charge < -0.3 is 29.2 Å². The molecule has 0 aliphatic carbocycles. The second-order valence-corrected chi connectivity index (χ2v) is 10.1. The Balaban J connectivity index is 1.51. The van der Waals surface area contributed by atoms with Gasteiger partial charge in [-0.2, -0.15) is 0 Å². The predicted molar refractivity (Wildman–Crippen MR) is 151 cm³/mol. The molecule has 6 nitrogen and oxygen atoms in total. The zero-order valence-corrected chi connectivity index (χ0v) is 22.6. The maximum atomic E-state index is 11.2. The molecule has 0 spiro atoms. The summed E-state index contributed by atoms with van der Waals surface area (Å²) in [5.41, 5.74) is 3.12. The molecule has 0 radical (unpaired) electrons. The van der Waals surface area contributed by atoms with Crippen LogP contribution in [0.25, 0.3) is 0 Å². The molecule has 1 heterocycles. The van der Waals surface area contributed by atoms with Gasteiger partial charge in [0.15, 0.2) is 6.29 Å². The van der Waals surface area contributed by atoms with Crippen molar-refractivity contribution in [3.63, 3.8) is 0 Å². The predicted octanol–water partition coefficient (Wildman–Crippen LogP) is 5.79. The lowest BCUT2D eigenvalue weighted by molar-refractivity contribution is -0.312. The molecule has 6 heteroatoms. The molecule has 1 fully saturated rings. The molecule has 0 saturated carbocycles. The summed E-state index contributed by atoms with van der Waals surface area (Å²) in [6, 6.07) is 30.0. The second-order valence-electron chi connectivity index (χ2n) is 10.1. The van der Waals surface area contributed by atoms with Crippen LogP contribution in [0.3, 0.4) is 0 Å². The molecule has 1 aliphatic rings. The normalized spacial score (nSPS) is 23.1. The van der Waals surface area contributed by atoms with E-state index in [1.807, 2.05) is 91.0 Å². The van der Waals surface area contributed by atoms with E-state index in [1.54, 1.807) is 0 Å². The minimum Gasteiger partial charge on any atom is -0.396 e. The Morgan fingerprint density at radius 3 is 1.49 bits per heavy atom. The molecule has 39 heavy (non-hydrogen) atoms. The van der Waals surface area contributed by atoms with Crippen molar-refractivity contribution in [3.05, 3.63) is 108 Å². The minimum absolute atomic E-state index is 0.234. The summed E-state index contributed by atoms with van der Waals surface area (Å²) in [7, 11) is 0. The summed E-state index contributed by atoms with van der Waals surface area (Å²) in [4.78, 5) is 0. The summed E-state index contributed by atoms with van der Waals surface area (Å²) < 4.78 is 25.5. The zero-order chi connectivity index (χ0) is 27.1. The van der Waals surface area contributed by atoms with Crippen LogP contribution in [0.15, 0.2) is 91.0 Å². The lowest BCUT2D eigenvalue weighted by Gasteiger charge is -2.44. The summed E-state index contributed by atoms with van der Waals surface area (Å²) in [5, 5.41) is 20.2. The number of ether oxygens (including phenoxy) is 4. The summed E-state index contributed by atoms with van der Waals surface area (Å²) in [6.07, 6.45) is 2.48. The van der Waals surface area contributed by atoms with Crippen LogP contribution in [0.1, 0.15) is 55.2 Å². The van der Waals surface area contributed by atoms with E-state index in [0.717, 1.165) is 55.2 Å². The number of hydrogen-bond acceptors (Lipinski definition) is 6. The van der Waals surface area contributed by atoms with Crippen molar-refractivity contribution in [1.29, 1.82) is 0 Å². The molecule has 0 unspecified atom stereocenters. The minimum atomic E-state index is -1.13. The van der Waals surface area contributed by atoms with Crippen LogP contribution < -0.4 is 0 Å². The SMILES string of the molecule is OCCCCCCC[C@@H]1O[C@@H](O)[C@@H](OCc2ccccc2)[C@H](OCc2ccccc2)[C@@H]1OCc1ccccc1. The van der Waals surface area contributed by atoms with Gasteiger partial charge in [0, 0.05) is 6.61 Å². The van der Waals surface area contributed by atoms with Crippen LogP contribution in [0.4, 0.5) is 0 Å². The molecule has 1 aliphatic heterocycles. The first-order chi connectivity index (χ1) is 19.2. The Hall–Kier alpha value is -2.58. The topological polar surface area (TPSA) is 77.4 Å². The van der Waals surface area contributed by atoms with Gasteiger partial charge in [0.25, 0.3) is 0 Å². The first-order valence-corrected chi connectivity index (χ1v) is 14.2. The third kappa shape index (κ3) is 9.53. The first-order valence-electron chi connectivity index (χ1n) is 14.2. The van der Waals surface area contributed by atoms with Crippen LogP contribution in [0.2, 0.25) is 0 Å². The average molecular weight is 535 g/mol. The molecule has 0 aromatic heterocycles. The Morgan fingerprint density at radius 2 is 0.974 bits per heavy atom. The number of aliphatic hydroxyl groups excluding tert-OH is 2. The molecular formula is C33H42O6. The molecule has 3 aromatic carbocycles. The fourth-order valence-corrected chi connectivity index (χ4v) is 4.98. The zero-order valence-electron chi connectivity index (χ0n) is 22.6. The van der Waals surface area contributed by atoms with Crippen molar-refractivity contribution < 1.29 is 29.2 Å². The fourth-order valence-electron chi connectivity index (χ4n) is 4.98. The number of aliphatic hydroxyl groups is 2. The lowest BCUT2D eigenvalue weighted by Crippen LogP contribution is -2.60. The Labute approximate surface area is 232 Å². The molecule has 1 saturated heterocycles. The summed E-state index contributed by atoms with van der Waals surface area (Å²) in [6.45, 7) is 1.35. The highest BCUT2D eigenvalue weighted by molar-refractivity contribution is 5.15. The van der Waals surface area contributed by atoms with Crippen LogP contribution in [0.5, 0.6) is 0 Å². The van der Waals surface area contributed by atoms with Crippen molar-refractivity contribution in [2.45, 2.75) is 89.1 Å². The van der Waals surface area contributed by atoms with E-state index in [9.17, 15) is 5.11 Å². The van der Waals surface area contributed by atoms with Gasteiger partial charge in [0.05, 0.1) is 25.9 Å². The number of hydrogen-bond donors (Lipinski definition) is 2. The van der Waals surface area contributed by atoms with E-state index in [1.165, 1.54) is 0 Å². The maximum absolute atomic E-state index is 11.2. The summed E-state index contributed by atoms with van der Waals surface area (Å²) >= 11 is 0. The Bertz CT molecular complexity index is 1030. The van der Waals surface area contributed by atoms with Crippen LogP contribution in [-0.2, 0) is 38.8 Å². The van der Waals surface area contributed by atoms with Gasteiger partial charge in [-0.05, 0) is 29.5 Å². The molecule has 3 aromatic rings. The first kappa shape index (κ1) is 29.4. The highest BCUT2D eigenvalue weighted by atomic mass is 16.7. The van der Waals surface area contributed by atoms with Crippen molar-refractivity contribution in [1.82, 2.24) is 0 Å². The van der Waals surface area contributed by atoms with Crippen molar-refractivity contribution in [2.24, 2.45) is 0 Å². The lowest BCUT2D eigenvalue weighted by atomic mass is 9.94. The van der Waals surface area contributed by atoms with Gasteiger partial charge in [-0.25, -0.2) is 0 Å². The van der Waals surface area contributed by atoms with Gasteiger partial charge in [-0.1, -0.05) is 117 Å². The van der Waals surface area contributed by atoms with E-state index >= 15 is 0 Å². The highest BCUT2D eigenvalue weighted by Crippen LogP contribution is 2.32. The molecule has 0 amide bonds. The average Bonchev–Trinajstić information content (AvgIpc) is 2.98. The highest BCUT2D eigenvalue weighted by Gasteiger charge is 2.47. The second kappa shape index (κ2) is 16.5. The van der Waals surface area contributed by atoms with Gasteiger partial charge >= 0.3 is 0 Å². The molecule has 0 bridgehead atoms. The molecular weight excluding hydrogens is 492 g/mol. The maximum Gasteiger partial charge on any atom is 0.184 e. The van der Waals surface area contributed by atoms with Gasteiger partial charge in [0.1, 0.15) is 18.3 Å². The van der Waals surface area contributed by atoms with Gasteiger partial charge in [0.2, 0.25) is 0 Å². The van der Waals surface area contributed by atoms with Gasteiger partial charge in [-0.15, -0.1) is 0 Å². The third-order valence-electron chi connectivity index (χ3n) is 7.11. The van der Waals surface area contributed by atoms with Crippen molar-refractivity contribution >= 4 is 0 Å². The van der Waals surface area contributed by atoms with E-state index in [4.69, 9.17) is 24.1 Å². The van der Waals surface area contributed by atoms with Gasteiger partial charge in [-0.3, -0.25) is 0 Å². The smallest absolute Gasteiger partial charge is 0.184 e. The van der Waals surface area contributed by atoms with E-state index in [2.05, 4.69) is 0 Å². The monoisotopic (exact) mass is 534 g/mol. The molecule has 5 atom stereocenters. The molecule has 4 rings (SSSR count). The summed E-state index contributed by atoms with van der Waals surface area (Å²) in [5.74, 6) is 0. The Morgan fingerprint density at radius 1 is 0.538 bits per heavy atom. The quantitative estimate of drug-likeness (QED) is 0.227.